The first kappa shape index (κ1) is 13.4. The molecule has 1 atom stereocenters. The fourth-order valence-corrected chi connectivity index (χ4v) is 1.41. The molecule has 0 aromatic heterocycles. The molecule has 0 saturated carbocycles. The van der Waals surface area contributed by atoms with Gasteiger partial charge in [-0.05, 0) is 19.4 Å². The summed E-state index contributed by atoms with van der Waals surface area (Å²) < 4.78 is 5.59. The van der Waals surface area contributed by atoms with Gasteiger partial charge in [-0.3, -0.25) is 10.1 Å². The molecular formula is C12H18N2O3. The Morgan fingerprint density at radius 2 is 2.24 bits per heavy atom. The Morgan fingerprint density at radius 3 is 2.76 bits per heavy atom. The predicted molar refractivity (Wildman–Crippen MR) is 67.2 cm³/mol. The van der Waals surface area contributed by atoms with Crippen molar-refractivity contribution in [2.75, 3.05) is 12.4 Å². The van der Waals surface area contributed by atoms with E-state index in [-0.39, 0.29) is 11.8 Å². The maximum atomic E-state index is 10.7. The van der Waals surface area contributed by atoms with Gasteiger partial charge in [0.2, 0.25) is 0 Å². The van der Waals surface area contributed by atoms with E-state index in [1.165, 1.54) is 6.07 Å². The smallest absolute Gasteiger partial charge is 0.269 e. The van der Waals surface area contributed by atoms with Gasteiger partial charge in [0.15, 0.2) is 0 Å². The van der Waals surface area contributed by atoms with E-state index < -0.39 is 4.92 Å². The summed E-state index contributed by atoms with van der Waals surface area (Å²) in [5, 5.41) is 13.7. The number of nitro benzene ring substituents is 1. The molecule has 0 fully saturated rings. The Bertz CT molecular complexity index is 393. The summed E-state index contributed by atoms with van der Waals surface area (Å²) in [6, 6.07) is 4.74. The van der Waals surface area contributed by atoms with E-state index in [1.807, 2.05) is 13.8 Å². The maximum Gasteiger partial charge on any atom is 0.269 e. The molecule has 5 heteroatoms. The highest BCUT2D eigenvalue weighted by atomic mass is 16.6. The number of anilines is 1. The molecule has 0 spiro atoms. The molecule has 1 aromatic rings. The second kappa shape index (κ2) is 6.20. The van der Waals surface area contributed by atoms with Crippen molar-refractivity contribution in [2.24, 2.45) is 0 Å². The minimum Gasteiger partial charge on any atom is -0.388 e. The molecule has 1 N–H and O–H groups in total. The third kappa shape index (κ3) is 3.71. The van der Waals surface area contributed by atoms with Crippen molar-refractivity contribution < 1.29 is 9.66 Å². The van der Waals surface area contributed by atoms with E-state index in [1.54, 1.807) is 19.2 Å². The summed E-state index contributed by atoms with van der Waals surface area (Å²) in [4.78, 5) is 10.3. The number of ether oxygens (including phenoxy) is 1. The van der Waals surface area contributed by atoms with Crippen LogP contribution in [0.4, 0.5) is 11.4 Å². The fourth-order valence-electron chi connectivity index (χ4n) is 1.41. The number of non-ortho nitro benzene ring substituents is 1. The molecular weight excluding hydrogens is 220 g/mol. The van der Waals surface area contributed by atoms with Crippen LogP contribution >= 0.6 is 0 Å². The number of nitrogens with zero attached hydrogens (tertiary/aromatic N) is 1. The van der Waals surface area contributed by atoms with Crippen LogP contribution in [0.15, 0.2) is 18.2 Å². The number of nitro groups is 1. The summed E-state index contributed by atoms with van der Waals surface area (Å²) in [5.41, 5.74) is 1.76. The van der Waals surface area contributed by atoms with Crippen LogP contribution in [-0.2, 0) is 11.3 Å². The molecule has 0 aliphatic carbocycles. The van der Waals surface area contributed by atoms with Crippen molar-refractivity contribution in [3.8, 4) is 0 Å². The van der Waals surface area contributed by atoms with Gasteiger partial charge in [-0.15, -0.1) is 0 Å². The fraction of sp³-hybridized carbons (Fsp3) is 0.500. The Morgan fingerprint density at radius 1 is 1.53 bits per heavy atom. The second-order valence-electron chi connectivity index (χ2n) is 3.88. The molecule has 0 heterocycles. The van der Waals surface area contributed by atoms with E-state index in [9.17, 15) is 10.1 Å². The number of hydrogen-bond acceptors (Lipinski definition) is 4. The van der Waals surface area contributed by atoms with Gasteiger partial charge in [-0.2, -0.15) is 0 Å². The average molecular weight is 238 g/mol. The first-order chi connectivity index (χ1) is 8.08. The number of hydrogen-bond donors (Lipinski definition) is 1. The van der Waals surface area contributed by atoms with Crippen molar-refractivity contribution in [1.82, 2.24) is 0 Å². The highest BCUT2D eigenvalue weighted by molar-refractivity contribution is 5.55. The van der Waals surface area contributed by atoms with Gasteiger partial charge < -0.3 is 10.1 Å². The molecule has 1 rings (SSSR count). The monoisotopic (exact) mass is 238 g/mol. The first-order valence-electron chi connectivity index (χ1n) is 5.65. The standard InChI is InChI=1S/C12H18N2O3/c1-4-9(2)17-8-10-7-11(14(15)16)5-6-12(10)13-3/h5-7,9,13H,4,8H2,1-3H3. The topological polar surface area (TPSA) is 64.4 Å². The largest absolute Gasteiger partial charge is 0.388 e. The maximum absolute atomic E-state index is 10.7. The van der Waals surface area contributed by atoms with Crippen molar-refractivity contribution in [3.05, 3.63) is 33.9 Å². The zero-order valence-electron chi connectivity index (χ0n) is 10.4. The molecule has 1 unspecified atom stereocenters. The highest BCUT2D eigenvalue weighted by Crippen LogP contribution is 2.23. The lowest BCUT2D eigenvalue weighted by Gasteiger charge is -2.13. The van der Waals surface area contributed by atoms with E-state index in [4.69, 9.17) is 4.74 Å². The number of nitrogens with one attached hydrogen (secondary N) is 1. The number of rotatable bonds is 6. The molecule has 0 aliphatic heterocycles. The van der Waals surface area contributed by atoms with Crippen LogP contribution in [0.3, 0.4) is 0 Å². The minimum absolute atomic E-state index is 0.0896. The number of benzene rings is 1. The quantitative estimate of drug-likeness (QED) is 0.611. The van der Waals surface area contributed by atoms with Gasteiger partial charge in [0.1, 0.15) is 0 Å². The molecule has 17 heavy (non-hydrogen) atoms. The summed E-state index contributed by atoms with van der Waals surface area (Å²) in [7, 11) is 1.79. The van der Waals surface area contributed by atoms with Crippen molar-refractivity contribution in [1.29, 1.82) is 0 Å². The van der Waals surface area contributed by atoms with E-state index in [0.29, 0.717) is 6.61 Å². The summed E-state index contributed by atoms with van der Waals surface area (Å²) in [5.74, 6) is 0. The van der Waals surface area contributed by atoms with Crippen LogP contribution in [-0.4, -0.2) is 18.1 Å². The van der Waals surface area contributed by atoms with Crippen LogP contribution in [0, 0.1) is 10.1 Å². The SMILES string of the molecule is CCC(C)OCc1cc([N+](=O)[O-])ccc1NC. The lowest BCUT2D eigenvalue weighted by molar-refractivity contribution is -0.384. The van der Waals surface area contributed by atoms with Gasteiger partial charge in [0, 0.05) is 30.4 Å². The predicted octanol–water partition coefficient (Wildman–Crippen LogP) is 2.95. The average Bonchev–Trinajstić information content (AvgIpc) is 2.35. The molecule has 0 saturated heterocycles. The van der Waals surface area contributed by atoms with Crippen LogP contribution in [0.25, 0.3) is 0 Å². The molecule has 1 aromatic carbocycles. The highest BCUT2D eigenvalue weighted by Gasteiger charge is 2.11. The summed E-state index contributed by atoms with van der Waals surface area (Å²) in [6.07, 6.45) is 1.07. The lowest BCUT2D eigenvalue weighted by atomic mass is 10.1. The Kier molecular flexibility index (Phi) is 4.90. The Hall–Kier alpha value is -1.62. The third-order valence-corrected chi connectivity index (χ3v) is 2.67. The van der Waals surface area contributed by atoms with Crippen molar-refractivity contribution in [2.45, 2.75) is 33.0 Å². The Labute approximate surface area is 101 Å². The van der Waals surface area contributed by atoms with E-state index in [0.717, 1.165) is 17.7 Å². The lowest BCUT2D eigenvalue weighted by Crippen LogP contribution is -2.07. The van der Waals surface area contributed by atoms with Gasteiger partial charge in [0.05, 0.1) is 17.6 Å². The zero-order valence-corrected chi connectivity index (χ0v) is 10.4. The van der Waals surface area contributed by atoms with E-state index in [2.05, 4.69) is 5.32 Å². The van der Waals surface area contributed by atoms with Gasteiger partial charge in [-0.25, -0.2) is 0 Å². The van der Waals surface area contributed by atoms with Crippen LogP contribution < -0.4 is 5.32 Å². The zero-order chi connectivity index (χ0) is 12.8. The van der Waals surface area contributed by atoms with Gasteiger partial charge in [-0.1, -0.05) is 6.92 Å². The summed E-state index contributed by atoms with van der Waals surface area (Å²) >= 11 is 0. The van der Waals surface area contributed by atoms with Crippen molar-refractivity contribution in [3.63, 3.8) is 0 Å². The molecule has 0 radical (unpaired) electrons. The van der Waals surface area contributed by atoms with Crippen LogP contribution in [0.1, 0.15) is 25.8 Å². The molecule has 5 nitrogen and oxygen atoms in total. The van der Waals surface area contributed by atoms with Crippen LogP contribution in [0.5, 0.6) is 0 Å². The Balaban J connectivity index is 2.86. The summed E-state index contributed by atoms with van der Waals surface area (Å²) in [6.45, 7) is 4.40. The molecule has 0 bridgehead atoms. The van der Waals surface area contributed by atoms with Gasteiger partial charge >= 0.3 is 0 Å². The van der Waals surface area contributed by atoms with E-state index >= 15 is 0 Å². The first-order valence-corrected chi connectivity index (χ1v) is 5.65. The minimum atomic E-state index is -0.397. The van der Waals surface area contributed by atoms with Crippen molar-refractivity contribution >= 4 is 11.4 Å². The molecule has 0 aliphatic rings. The normalized spacial score (nSPS) is 12.2. The second-order valence-corrected chi connectivity index (χ2v) is 3.88. The molecule has 0 amide bonds. The van der Waals surface area contributed by atoms with Crippen LogP contribution in [0.2, 0.25) is 0 Å². The molecule has 94 valence electrons. The third-order valence-electron chi connectivity index (χ3n) is 2.67. The van der Waals surface area contributed by atoms with Gasteiger partial charge in [0.25, 0.3) is 5.69 Å².